The van der Waals surface area contributed by atoms with Crippen molar-refractivity contribution in [2.75, 3.05) is 5.32 Å². The Bertz CT molecular complexity index is 1730. The number of pyridine rings is 2. The van der Waals surface area contributed by atoms with Gasteiger partial charge in [0, 0.05) is 41.9 Å². The summed E-state index contributed by atoms with van der Waals surface area (Å²) in [5.74, 6) is -0.929. The van der Waals surface area contributed by atoms with Gasteiger partial charge in [-0.2, -0.15) is 9.78 Å². The minimum absolute atomic E-state index is 0.0371. The molecule has 5 rings (SSSR count). The van der Waals surface area contributed by atoms with Crippen molar-refractivity contribution in [3.63, 3.8) is 0 Å². The average molecular weight is 532 g/mol. The lowest BCUT2D eigenvalue weighted by molar-refractivity contribution is -0.122. The number of nitrogens with zero attached hydrogens (tertiary/aromatic N) is 4. The molecule has 0 bridgehead atoms. The largest absolute Gasteiger partial charge is 0.392 e. The van der Waals surface area contributed by atoms with Gasteiger partial charge in [-0.1, -0.05) is 27.2 Å². The average Bonchev–Trinajstić information content (AvgIpc) is 2.84. The van der Waals surface area contributed by atoms with E-state index in [0.29, 0.717) is 16.5 Å². The van der Waals surface area contributed by atoms with E-state index in [1.165, 1.54) is 23.0 Å². The normalized spacial score (nSPS) is 13.9. The zero-order valence-corrected chi connectivity index (χ0v) is 22.3. The molecule has 1 aliphatic rings. The smallest absolute Gasteiger partial charge is 0.283 e. The fraction of sp³-hybridized carbons (Fsp3) is 0.345. The molecule has 202 valence electrons. The summed E-state index contributed by atoms with van der Waals surface area (Å²) >= 11 is 0. The van der Waals surface area contributed by atoms with Gasteiger partial charge in [0.15, 0.2) is 5.82 Å². The summed E-state index contributed by atoms with van der Waals surface area (Å²) in [6.07, 6.45) is 6.99. The van der Waals surface area contributed by atoms with Crippen molar-refractivity contribution in [3.8, 4) is 16.9 Å². The number of aliphatic hydroxyl groups excluding tert-OH is 1. The molecule has 0 saturated heterocycles. The molecule has 0 aliphatic heterocycles. The Hall–Kier alpha value is -4.18. The first kappa shape index (κ1) is 26.4. The number of aromatic nitrogens is 4. The molecule has 1 aromatic carbocycles. The summed E-state index contributed by atoms with van der Waals surface area (Å²) in [4.78, 5) is 43.0. The Morgan fingerprint density at radius 1 is 1.18 bits per heavy atom. The van der Waals surface area contributed by atoms with Crippen LogP contribution in [0.4, 0.5) is 10.1 Å². The van der Waals surface area contributed by atoms with E-state index in [1.807, 2.05) is 20.8 Å². The standard InChI is InChI=1S/C29H30FN5O4/c1-29(2,3)19-10-17-13-32-35(28(39)24(17)22(30)12-19)25-21(15-36)20(8-9-31-25)18-11-23(27(38)34(4)14-18)33-26(37)16-6-5-7-16/h8-14,16,36H,5-7,15H2,1-4H3,(H,33,37). The molecule has 1 aliphatic carbocycles. The van der Waals surface area contributed by atoms with Crippen molar-refractivity contribution in [1.29, 1.82) is 0 Å². The fourth-order valence-electron chi connectivity index (χ4n) is 4.76. The van der Waals surface area contributed by atoms with Crippen LogP contribution in [0.2, 0.25) is 0 Å². The van der Waals surface area contributed by atoms with Crippen LogP contribution in [-0.2, 0) is 23.9 Å². The summed E-state index contributed by atoms with van der Waals surface area (Å²) in [6, 6.07) is 6.28. The van der Waals surface area contributed by atoms with E-state index in [4.69, 9.17) is 0 Å². The van der Waals surface area contributed by atoms with Gasteiger partial charge in [0.1, 0.15) is 11.5 Å². The molecule has 3 aromatic heterocycles. The molecular weight excluding hydrogens is 501 g/mol. The van der Waals surface area contributed by atoms with Crippen LogP contribution in [0.5, 0.6) is 0 Å². The van der Waals surface area contributed by atoms with Crippen LogP contribution < -0.4 is 16.4 Å². The second-order valence-electron chi connectivity index (χ2n) is 11.0. The number of hydrogen-bond donors (Lipinski definition) is 2. The Morgan fingerprint density at radius 3 is 2.56 bits per heavy atom. The number of aryl methyl sites for hydroxylation is 1. The minimum atomic E-state index is -0.710. The monoisotopic (exact) mass is 531 g/mol. The van der Waals surface area contributed by atoms with Crippen LogP contribution >= 0.6 is 0 Å². The number of benzene rings is 1. The highest BCUT2D eigenvalue weighted by atomic mass is 19.1. The molecule has 9 nitrogen and oxygen atoms in total. The van der Waals surface area contributed by atoms with Crippen LogP contribution in [0, 0.1) is 11.7 Å². The number of rotatable bonds is 5. The molecule has 39 heavy (non-hydrogen) atoms. The van der Waals surface area contributed by atoms with Gasteiger partial charge in [-0.05, 0) is 53.6 Å². The summed E-state index contributed by atoms with van der Waals surface area (Å²) in [6.45, 7) is 5.35. The van der Waals surface area contributed by atoms with E-state index in [9.17, 15) is 19.5 Å². The van der Waals surface area contributed by atoms with Crippen LogP contribution in [0.15, 0.2) is 52.4 Å². The molecule has 1 amide bonds. The van der Waals surface area contributed by atoms with Crippen molar-refractivity contribution < 1.29 is 14.3 Å². The van der Waals surface area contributed by atoms with Gasteiger partial charge in [-0.15, -0.1) is 0 Å². The molecule has 0 atom stereocenters. The number of carbonyl (C=O) groups excluding carboxylic acids is 1. The van der Waals surface area contributed by atoms with Gasteiger partial charge in [-0.3, -0.25) is 14.4 Å². The maximum Gasteiger partial charge on any atom is 0.283 e. The van der Waals surface area contributed by atoms with Crippen molar-refractivity contribution >= 4 is 22.4 Å². The van der Waals surface area contributed by atoms with Crippen molar-refractivity contribution in [1.82, 2.24) is 19.3 Å². The Labute approximate surface area is 223 Å². The number of aliphatic hydroxyl groups is 1. The van der Waals surface area contributed by atoms with Gasteiger partial charge in [0.05, 0.1) is 18.2 Å². The zero-order valence-electron chi connectivity index (χ0n) is 22.3. The van der Waals surface area contributed by atoms with Gasteiger partial charge >= 0.3 is 0 Å². The zero-order chi connectivity index (χ0) is 28.1. The second-order valence-corrected chi connectivity index (χ2v) is 11.0. The number of carbonyl (C=O) groups is 1. The minimum Gasteiger partial charge on any atom is -0.392 e. The number of amides is 1. The van der Waals surface area contributed by atoms with E-state index in [-0.39, 0.29) is 45.3 Å². The lowest BCUT2D eigenvalue weighted by Gasteiger charge is -2.24. The molecule has 1 saturated carbocycles. The first-order chi connectivity index (χ1) is 18.5. The number of hydrogen-bond acceptors (Lipinski definition) is 6. The van der Waals surface area contributed by atoms with Gasteiger partial charge in [0.2, 0.25) is 5.91 Å². The van der Waals surface area contributed by atoms with E-state index >= 15 is 4.39 Å². The summed E-state index contributed by atoms with van der Waals surface area (Å²) in [5.41, 5.74) is 0.702. The molecule has 1 fully saturated rings. The first-order valence-corrected chi connectivity index (χ1v) is 12.8. The molecule has 3 heterocycles. The van der Waals surface area contributed by atoms with E-state index < -0.39 is 18.0 Å². The topological polar surface area (TPSA) is 119 Å². The number of nitrogens with one attached hydrogen (secondary N) is 1. The van der Waals surface area contributed by atoms with Gasteiger partial charge < -0.3 is 15.0 Å². The van der Waals surface area contributed by atoms with Crippen molar-refractivity contribution in [2.45, 2.75) is 52.1 Å². The third-order valence-corrected chi connectivity index (χ3v) is 7.33. The highest BCUT2D eigenvalue weighted by Crippen LogP contribution is 2.31. The first-order valence-electron chi connectivity index (χ1n) is 12.8. The Kier molecular flexibility index (Phi) is 6.67. The van der Waals surface area contributed by atoms with E-state index in [1.54, 1.807) is 31.4 Å². The van der Waals surface area contributed by atoms with Crippen molar-refractivity contribution in [3.05, 3.63) is 80.5 Å². The Balaban J connectivity index is 1.63. The van der Waals surface area contributed by atoms with Crippen LogP contribution in [0.25, 0.3) is 27.7 Å². The highest BCUT2D eigenvalue weighted by molar-refractivity contribution is 5.93. The third kappa shape index (κ3) is 4.76. The second kappa shape index (κ2) is 9.85. The SMILES string of the molecule is Cn1cc(-c2ccnc(-n3ncc4cc(C(C)(C)C)cc(F)c4c3=O)c2CO)cc(NC(=O)C2CCC2)c1=O. The maximum absolute atomic E-state index is 15.2. The molecule has 10 heteroatoms. The predicted molar refractivity (Wildman–Crippen MR) is 146 cm³/mol. The summed E-state index contributed by atoms with van der Waals surface area (Å²) in [5, 5.41) is 17.6. The third-order valence-electron chi connectivity index (χ3n) is 7.33. The van der Waals surface area contributed by atoms with Gasteiger partial charge in [0.25, 0.3) is 11.1 Å². The number of fused-ring (bicyclic) bond motifs is 1. The molecule has 0 radical (unpaired) electrons. The lowest BCUT2D eigenvalue weighted by Crippen LogP contribution is -2.31. The maximum atomic E-state index is 15.2. The molecule has 2 N–H and O–H groups in total. The molecule has 0 unspecified atom stereocenters. The quantitative estimate of drug-likeness (QED) is 0.404. The molecule has 4 aromatic rings. The van der Waals surface area contributed by atoms with Crippen molar-refractivity contribution in [2.24, 2.45) is 13.0 Å². The fourth-order valence-corrected chi connectivity index (χ4v) is 4.76. The summed E-state index contributed by atoms with van der Waals surface area (Å²) < 4.78 is 17.5. The van der Waals surface area contributed by atoms with Crippen LogP contribution in [-0.4, -0.2) is 30.3 Å². The van der Waals surface area contributed by atoms with Crippen LogP contribution in [0.1, 0.15) is 51.2 Å². The predicted octanol–water partition coefficient (Wildman–Crippen LogP) is 3.81. The Morgan fingerprint density at radius 2 is 1.92 bits per heavy atom. The summed E-state index contributed by atoms with van der Waals surface area (Å²) in [7, 11) is 1.57. The van der Waals surface area contributed by atoms with E-state index in [0.717, 1.165) is 29.5 Å². The lowest BCUT2D eigenvalue weighted by atomic mass is 9.85. The van der Waals surface area contributed by atoms with E-state index in [2.05, 4.69) is 15.4 Å². The highest BCUT2D eigenvalue weighted by Gasteiger charge is 2.26. The molecular formula is C29H30FN5O4. The number of anilines is 1. The molecule has 0 spiro atoms. The van der Waals surface area contributed by atoms with Gasteiger partial charge in [-0.25, -0.2) is 9.37 Å². The number of halogens is 1. The van der Waals surface area contributed by atoms with Crippen LogP contribution in [0.3, 0.4) is 0 Å².